The number of piperidine rings is 2. The Bertz CT molecular complexity index is 2580. The fourth-order valence-corrected chi connectivity index (χ4v) is 11.3. The SMILES string of the molecule is CNC(=O)COc1cc2cc(NC3(Cl)C=NC(N4CCC(OC5CC(N6C7CC[C@@H]6CN(c6ccc8c(c6F)CN([C@@H]6CCC(=O)NC6=O)C8=O)C7)C5)CC4)=NC3)ccc2n(C(C)C)c1=O. The van der Waals surface area contributed by atoms with E-state index in [1.165, 1.54) is 11.9 Å². The number of fused-ring (bicyclic) bond motifs is 4. The number of hydrogen-bond donors (Lipinski definition) is 3. The van der Waals surface area contributed by atoms with Gasteiger partial charge in [0, 0.05) is 86.0 Å². The second-order valence-corrected chi connectivity index (χ2v) is 19.7. The molecule has 6 aliphatic heterocycles. The molecule has 66 heavy (non-hydrogen) atoms. The number of amides is 4. The van der Waals surface area contributed by atoms with Crippen molar-refractivity contribution in [2.24, 2.45) is 9.98 Å². The van der Waals surface area contributed by atoms with Crippen LogP contribution in [0.15, 0.2) is 51.2 Å². The zero-order chi connectivity index (χ0) is 46.0. The molecule has 0 radical (unpaired) electrons. The summed E-state index contributed by atoms with van der Waals surface area (Å²) in [7, 11) is 1.51. The number of halogens is 2. The molecule has 2 aromatic carbocycles. The first kappa shape index (κ1) is 44.3. The molecule has 17 nitrogen and oxygen atoms in total. The van der Waals surface area contributed by atoms with Gasteiger partial charge in [-0.15, -0.1) is 0 Å². The first-order chi connectivity index (χ1) is 31.8. The van der Waals surface area contributed by atoms with E-state index in [4.69, 9.17) is 26.1 Å². The van der Waals surface area contributed by atoms with E-state index in [9.17, 15) is 24.0 Å². The largest absolute Gasteiger partial charge is 0.478 e. The van der Waals surface area contributed by atoms with Gasteiger partial charge in [-0.1, -0.05) is 11.6 Å². The molecule has 10 rings (SSSR count). The summed E-state index contributed by atoms with van der Waals surface area (Å²) in [6.07, 6.45) is 8.32. The molecule has 350 valence electrons. The molecule has 4 atom stereocenters. The number of ether oxygens (including phenoxy) is 2. The van der Waals surface area contributed by atoms with Crippen molar-refractivity contribution in [1.82, 2.24) is 29.9 Å². The summed E-state index contributed by atoms with van der Waals surface area (Å²) in [6.45, 7) is 6.86. The number of likely N-dealkylation sites (N-methyl/N-ethyl adjacent to an activating group) is 1. The van der Waals surface area contributed by atoms with Crippen LogP contribution in [0.1, 0.15) is 87.2 Å². The number of alkyl halides is 1. The summed E-state index contributed by atoms with van der Waals surface area (Å²) in [5.41, 5.74) is 2.28. The number of aliphatic imine (C=N–C) groups is 2. The van der Waals surface area contributed by atoms with Gasteiger partial charge in [-0.25, -0.2) is 14.4 Å². The molecular weight excluding hydrogens is 871 g/mol. The number of nitrogens with one attached hydrogen (secondary N) is 3. The highest BCUT2D eigenvalue weighted by molar-refractivity contribution is 6.34. The van der Waals surface area contributed by atoms with Crippen molar-refractivity contribution in [3.05, 3.63) is 63.7 Å². The van der Waals surface area contributed by atoms with E-state index in [1.54, 1.807) is 29.0 Å². The van der Waals surface area contributed by atoms with Crippen molar-refractivity contribution in [1.29, 1.82) is 0 Å². The molecule has 2 unspecified atom stereocenters. The third kappa shape index (κ3) is 8.29. The maximum Gasteiger partial charge on any atom is 0.293 e. The molecule has 4 saturated heterocycles. The minimum absolute atomic E-state index is 0.0217. The summed E-state index contributed by atoms with van der Waals surface area (Å²) in [6, 6.07) is 10.9. The standard InChI is InChI=1S/C47H56ClFN10O7/c1-26(2)58-36-8-4-28(16-27(36)17-39(45(58)64)65-23-41(61)50-3)54-47(48)24-51-46(52-25-47)55-14-12-32(13-15-55)66-33-18-31(19-33)59-29-5-6-30(59)21-56(20-29)37-9-7-34-35(42(37)49)22-57(44(34)63)38-10-11-40(60)53-43(38)62/h4,7-9,16-17,24,26,29-33,38,54H,5-6,10-15,18-23,25H2,1-3H3,(H,50,61)(H,53,60,62)/t29-,30?,31?,33?,38-,47?/m1/s1. The van der Waals surface area contributed by atoms with Crippen molar-refractivity contribution in [3.63, 3.8) is 0 Å². The van der Waals surface area contributed by atoms with Crippen LogP contribution in [0.2, 0.25) is 0 Å². The summed E-state index contributed by atoms with van der Waals surface area (Å²) < 4.78 is 30.1. The summed E-state index contributed by atoms with van der Waals surface area (Å²) >= 11 is 7.01. The molecule has 7 heterocycles. The lowest BCUT2D eigenvalue weighted by molar-refractivity contribution is -0.137. The molecule has 7 aliphatic rings. The molecule has 1 saturated carbocycles. The van der Waals surface area contributed by atoms with Gasteiger partial charge >= 0.3 is 0 Å². The molecule has 0 spiro atoms. The molecule has 1 aliphatic carbocycles. The van der Waals surface area contributed by atoms with Gasteiger partial charge in [0.1, 0.15) is 6.04 Å². The van der Waals surface area contributed by atoms with E-state index in [1.807, 2.05) is 32.0 Å². The topological polar surface area (TPSA) is 183 Å². The second-order valence-electron chi connectivity index (χ2n) is 19.0. The minimum Gasteiger partial charge on any atom is -0.478 e. The second kappa shape index (κ2) is 17.6. The number of benzene rings is 2. The average Bonchev–Trinajstić information content (AvgIpc) is 3.74. The van der Waals surface area contributed by atoms with Gasteiger partial charge in [-0.05, 0) is 95.2 Å². The van der Waals surface area contributed by atoms with Crippen LogP contribution in [0.5, 0.6) is 5.75 Å². The third-order valence-corrected chi connectivity index (χ3v) is 14.8. The van der Waals surface area contributed by atoms with Crippen LogP contribution < -0.4 is 31.1 Å². The smallest absolute Gasteiger partial charge is 0.293 e. The Kier molecular flexibility index (Phi) is 11.8. The summed E-state index contributed by atoms with van der Waals surface area (Å²) in [4.78, 5) is 79.3. The molecule has 3 N–H and O–H groups in total. The van der Waals surface area contributed by atoms with Crippen LogP contribution in [0, 0.1) is 5.82 Å². The predicted molar refractivity (Wildman–Crippen MR) is 247 cm³/mol. The van der Waals surface area contributed by atoms with Gasteiger partial charge < -0.3 is 39.4 Å². The van der Waals surface area contributed by atoms with Crippen LogP contribution in [0.4, 0.5) is 15.8 Å². The van der Waals surface area contributed by atoms with Crippen molar-refractivity contribution in [2.45, 2.75) is 119 Å². The maximum atomic E-state index is 16.2. The minimum atomic E-state index is -1.06. The van der Waals surface area contributed by atoms with Gasteiger partial charge in [0.2, 0.25) is 17.8 Å². The number of likely N-dealkylation sites (tertiary alicyclic amines) is 1. The lowest BCUT2D eigenvalue weighted by Gasteiger charge is -2.51. The average molecular weight is 927 g/mol. The van der Waals surface area contributed by atoms with Crippen molar-refractivity contribution in [2.75, 3.05) is 56.6 Å². The van der Waals surface area contributed by atoms with Gasteiger partial charge in [0.15, 0.2) is 23.2 Å². The summed E-state index contributed by atoms with van der Waals surface area (Å²) in [5, 5.41) is 8.92. The Morgan fingerprint density at radius 1 is 0.970 bits per heavy atom. The van der Waals surface area contributed by atoms with Gasteiger partial charge in [-0.3, -0.25) is 34.2 Å². The lowest BCUT2D eigenvalue weighted by Crippen LogP contribution is -2.61. The molecule has 2 bridgehead atoms. The quantitative estimate of drug-likeness (QED) is 0.145. The maximum absolute atomic E-state index is 16.2. The van der Waals surface area contributed by atoms with E-state index in [0.717, 1.165) is 75.6 Å². The molecule has 3 aromatic rings. The van der Waals surface area contributed by atoms with Gasteiger partial charge in [0.05, 0.1) is 42.7 Å². The summed E-state index contributed by atoms with van der Waals surface area (Å²) in [5.74, 6) is -1.20. The number of pyridine rings is 1. The number of aromatic nitrogens is 1. The first-order valence-electron chi connectivity index (χ1n) is 23.2. The Morgan fingerprint density at radius 3 is 2.41 bits per heavy atom. The molecule has 19 heteroatoms. The van der Waals surface area contributed by atoms with Gasteiger partial charge in [0.25, 0.3) is 17.4 Å². The number of piperazine rings is 1. The zero-order valence-corrected chi connectivity index (χ0v) is 38.2. The number of nitrogens with zero attached hydrogens (tertiary/aromatic N) is 7. The van der Waals surface area contributed by atoms with E-state index in [0.29, 0.717) is 46.6 Å². The zero-order valence-electron chi connectivity index (χ0n) is 37.4. The Hall–Kier alpha value is -5.59. The lowest BCUT2D eigenvalue weighted by atomic mass is 9.85. The number of anilines is 2. The third-order valence-electron chi connectivity index (χ3n) is 14.5. The highest BCUT2D eigenvalue weighted by Crippen LogP contribution is 2.43. The molecule has 5 fully saturated rings. The van der Waals surface area contributed by atoms with E-state index >= 15 is 4.39 Å². The molecule has 1 aromatic heterocycles. The number of hydrogen-bond acceptors (Lipinski definition) is 13. The fourth-order valence-electron chi connectivity index (χ4n) is 11.1. The van der Waals surface area contributed by atoms with Crippen LogP contribution in [-0.2, 0) is 25.7 Å². The first-order valence-corrected chi connectivity index (χ1v) is 23.6. The number of carbonyl (C=O) groups is 4. The number of guanidine groups is 1. The van der Waals surface area contributed by atoms with Crippen molar-refractivity contribution < 1.29 is 33.0 Å². The van der Waals surface area contributed by atoms with Crippen LogP contribution in [0.25, 0.3) is 10.9 Å². The molecular formula is C47H56ClFN10O7. The van der Waals surface area contributed by atoms with Crippen LogP contribution >= 0.6 is 11.6 Å². The highest BCUT2D eigenvalue weighted by Gasteiger charge is 2.49. The Labute approximate surface area is 386 Å². The van der Waals surface area contributed by atoms with Crippen LogP contribution in [0.3, 0.4) is 0 Å². The van der Waals surface area contributed by atoms with E-state index in [2.05, 4.69) is 35.6 Å². The van der Waals surface area contributed by atoms with Crippen molar-refractivity contribution >= 4 is 69.7 Å². The normalized spacial score (nSPS) is 27.8. The number of rotatable bonds is 11. The number of imide groups is 1. The van der Waals surface area contributed by atoms with Gasteiger partial charge in [-0.2, -0.15) is 0 Å². The molecule has 4 amide bonds. The Balaban J connectivity index is 0.689. The predicted octanol–water partition coefficient (Wildman–Crippen LogP) is 3.76. The monoisotopic (exact) mass is 926 g/mol. The van der Waals surface area contributed by atoms with Crippen molar-refractivity contribution in [3.8, 4) is 5.75 Å². The fraction of sp³-hybridized carbons (Fsp3) is 0.553. The van der Waals surface area contributed by atoms with E-state index < -0.39 is 16.9 Å². The van der Waals surface area contributed by atoms with E-state index in [-0.39, 0.29) is 85.6 Å². The number of carbonyl (C=O) groups excluding carboxylic acids is 4. The van der Waals surface area contributed by atoms with Crippen LogP contribution in [-0.4, -0.2) is 143 Å². The highest BCUT2D eigenvalue weighted by atomic mass is 35.5. The Morgan fingerprint density at radius 2 is 1.73 bits per heavy atom.